The van der Waals surface area contributed by atoms with Gasteiger partial charge in [-0.2, -0.15) is 0 Å². The monoisotopic (exact) mass is 312 g/mol. The minimum absolute atomic E-state index is 0.472. The van der Waals surface area contributed by atoms with Crippen LogP contribution < -0.4 is 0 Å². The van der Waals surface area contributed by atoms with Crippen LogP contribution in [-0.2, 0) is 8.85 Å². The molecule has 0 aromatic heterocycles. The van der Waals surface area contributed by atoms with E-state index < -0.39 is 8.56 Å². The summed E-state index contributed by atoms with van der Waals surface area (Å²) in [5.41, 5.74) is 1.90. The number of hydrogen-bond acceptors (Lipinski definition) is 2. The maximum absolute atomic E-state index is 6.55. The number of hydrogen-bond donors (Lipinski definition) is 0. The van der Waals surface area contributed by atoms with Gasteiger partial charge in [-0.3, -0.25) is 0 Å². The predicted octanol–water partition coefficient (Wildman–Crippen LogP) is 5.66. The zero-order valence-electron chi connectivity index (χ0n) is 14.9. The molecule has 0 amide bonds. The van der Waals surface area contributed by atoms with E-state index in [1.165, 1.54) is 44.9 Å². The van der Waals surface area contributed by atoms with E-state index in [2.05, 4.69) is 34.6 Å². The van der Waals surface area contributed by atoms with E-state index in [1.54, 1.807) is 0 Å². The zero-order chi connectivity index (χ0) is 15.5. The summed E-state index contributed by atoms with van der Waals surface area (Å²) in [6.45, 7) is 13.3. The van der Waals surface area contributed by atoms with E-state index in [9.17, 15) is 0 Å². The average Bonchev–Trinajstić information content (AvgIpc) is 2.84. The second-order valence-electron chi connectivity index (χ2n) is 8.16. The molecule has 0 spiro atoms. The first-order chi connectivity index (χ1) is 9.93. The van der Waals surface area contributed by atoms with Crippen molar-refractivity contribution in [2.75, 3.05) is 13.2 Å². The molecule has 2 nitrogen and oxygen atoms in total. The van der Waals surface area contributed by atoms with E-state index in [0.717, 1.165) is 24.7 Å². The molecule has 0 aromatic rings. The van der Waals surface area contributed by atoms with E-state index in [-0.39, 0.29) is 0 Å². The average molecular weight is 313 g/mol. The molecule has 2 aliphatic rings. The largest absolute Gasteiger partial charge is 0.394 e. The summed E-state index contributed by atoms with van der Waals surface area (Å²) in [5.74, 6) is 0.861. The molecule has 0 heterocycles. The Morgan fingerprint density at radius 3 is 2.14 bits per heavy atom. The van der Waals surface area contributed by atoms with Gasteiger partial charge in [-0.1, -0.05) is 33.6 Å². The van der Waals surface area contributed by atoms with Crippen molar-refractivity contribution in [1.29, 1.82) is 0 Å². The van der Waals surface area contributed by atoms with Gasteiger partial charge in [0.15, 0.2) is 0 Å². The van der Waals surface area contributed by atoms with Gasteiger partial charge >= 0.3 is 8.56 Å². The Hall–Kier alpha value is 0.137. The van der Waals surface area contributed by atoms with E-state index >= 15 is 0 Å². The minimum atomic E-state index is -2.09. The van der Waals surface area contributed by atoms with Crippen molar-refractivity contribution < 1.29 is 8.85 Å². The van der Waals surface area contributed by atoms with Crippen LogP contribution in [0.25, 0.3) is 0 Å². The van der Waals surface area contributed by atoms with Gasteiger partial charge in [-0.05, 0) is 57.3 Å². The molecule has 3 heteroatoms. The Balaban J connectivity index is 2.24. The Morgan fingerprint density at radius 2 is 1.67 bits per heavy atom. The van der Waals surface area contributed by atoms with Crippen molar-refractivity contribution in [3.63, 3.8) is 0 Å². The highest BCUT2D eigenvalue weighted by Crippen LogP contribution is 2.54. The SMILES string of the molecule is CCO[Si](OCC)(C1CCC(C)C1)C1CCCC(C)(C)C1. The summed E-state index contributed by atoms with van der Waals surface area (Å²) in [4.78, 5) is 0. The topological polar surface area (TPSA) is 18.5 Å². The molecule has 2 aliphatic carbocycles. The zero-order valence-corrected chi connectivity index (χ0v) is 15.9. The van der Waals surface area contributed by atoms with Crippen LogP contribution in [0.2, 0.25) is 11.1 Å². The molecule has 2 fully saturated rings. The molecular weight excluding hydrogens is 276 g/mol. The molecule has 0 bridgehead atoms. The Kier molecular flexibility index (Phi) is 5.95. The predicted molar refractivity (Wildman–Crippen MR) is 91.8 cm³/mol. The molecule has 0 radical (unpaired) electrons. The van der Waals surface area contributed by atoms with E-state index in [0.29, 0.717) is 11.0 Å². The first-order valence-corrected chi connectivity index (χ1v) is 11.2. The third kappa shape index (κ3) is 3.91. The fraction of sp³-hybridized carbons (Fsp3) is 1.00. The van der Waals surface area contributed by atoms with Crippen molar-refractivity contribution in [3.8, 4) is 0 Å². The lowest BCUT2D eigenvalue weighted by Gasteiger charge is -2.46. The third-order valence-corrected chi connectivity index (χ3v) is 10.6. The highest BCUT2D eigenvalue weighted by molar-refractivity contribution is 6.70. The maximum Gasteiger partial charge on any atom is 0.344 e. The van der Waals surface area contributed by atoms with Crippen molar-refractivity contribution >= 4 is 8.56 Å². The quantitative estimate of drug-likeness (QED) is 0.589. The van der Waals surface area contributed by atoms with Gasteiger partial charge in [0.05, 0.1) is 0 Å². The molecule has 2 rings (SSSR count). The van der Waals surface area contributed by atoms with Gasteiger partial charge < -0.3 is 8.85 Å². The van der Waals surface area contributed by atoms with Crippen LogP contribution in [0, 0.1) is 11.3 Å². The van der Waals surface area contributed by atoms with Crippen molar-refractivity contribution in [2.45, 2.75) is 90.6 Å². The van der Waals surface area contributed by atoms with Crippen LogP contribution in [0.3, 0.4) is 0 Å². The molecule has 124 valence electrons. The lowest BCUT2D eigenvalue weighted by Crippen LogP contribution is -2.52. The second kappa shape index (κ2) is 7.14. The summed E-state index contributed by atoms with van der Waals surface area (Å²) in [6, 6.07) is 0. The van der Waals surface area contributed by atoms with Crippen LogP contribution >= 0.6 is 0 Å². The van der Waals surface area contributed by atoms with Gasteiger partial charge in [0, 0.05) is 24.3 Å². The van der Waals surface area contributed by atoms with Gasteiger partial charge in [0.2, 0.25) is 0 Å². The molecule has 21 heavy (non-hydrogen) atoms. The van der Waals surface area contributed by atoms with E-state index in [1.807, 2.05) is 0 Å². The lowest BCUT2D eigenvalue weighted by molar-refractivity contribution is 0.133. The van der Waals surface area contributed by atoms with Gasteiger partial charge in [-0.15, -0.1) is 0 Å². The van der Waals surface area contributed by atoms with Crippen molar-refractivity contribution in [3.05, 3.63) is 0 Å². The maximum atomic E-state index is 6.55. The summed E-state index contributed by atoms with van der Waals surface area (Å²) in [7, 11) is -2.09. The van der Waals surface area contributed by atoms with Crippen LogP contribution in [-0.4, -0.2) is 21.8 Å². The molecule has 3 unspecified atom stereocenters. The highest BCUT2D eigenvalue weighted by atomic mass is 28.4. The fourth-order valence-electron chi connectivity index (χ4n) is 4.91. The molecule has 0 aliphatic heterocycles. The smallest absolute Gasteiger partial charge is 0.344 e. The fourth-order valence-corrected chi connectivity index (χ4v) is 10.3. The Bertz CT molecular complexity index is 323. The Morgan fingerprint density at radius 1 is 1.00 bits per heavy atom. The molecule has 0 aromatic carbocycles. The molecular formula is C18H36O2Si. The first-order valence-electron chi connectivity index (χ1n) is 9.21. The minimum Gasteiger partial charge on any atom is -0.394 e. The molecule has 2 saturated carbocycles. The van der Waals surface area contributed by atoms with Crippen molar-refractivity contribution in [1.82, 2.24) is 0 Å². The summed E-state index contributed by atoms with van der Waals surface area (Å²) in [6.07, 6.45) is 9.41. The second-order valence-corrected chi connectivity index (χ2v) is 11.8. The van der Waals surface area contributed by atoms with Crippen molar-refractivity contribution in [2.24, 2.45) is 11.3 Å². The van der Waals surface area contributed by atoms with Crippen LogP contribution in [0.5, 0.6) is 0 Å². The summed E-state index contributed by atoms with van der Waals surface area (Å²) in [5, 5.41) is 0. The third-order valence-electron chi connectivity index (χ3n) is 5.78. The Labute approximate surface area is 133 Å². The van der Waals surface area contributed by atoms with E-state index in [4.69, 9.17) is 8.85 Å². The van der Waals surface area contributed by atoms with Gasteiger partial charge in [0.25, 0.3) is 0 Å². The first kappa shape index (κ1) is 17.5. The molecule has 3 atom stereocenters. The lowest BCUT2D eigenvalue weighted by atomic mass is 9.77. The normalized spacial score (nSPS) is 33.3. The molecule has 0 N–H and O–H groups in total. The number of rotatable bonds is 6. The van der Waals surface area contributed by atoms with Crippen LogP contribution in [0.15, 0.2) is 0 Å². The van der Waals surface area contributed by atoms with Crippen LogP contribution in [0.1, 0.15) is 79.6 Å². The van der Waals surface area contributed by atoms with Gasteiger partial charge in [-0.25, -0.2) is 0 Å². The summed E-state index contributed by atoms with van der Waals surface area (Å²) >= 11 is 0. The molecule has 0 saturated heterocycles. The highest BCUT2D eigenvalue weighted by Gasteiger charge is 2.55. The van der Waals surface area contributed by atoms with Gasteiger partial charge in [0.1, 0.15) is 0 Å². The summed E-state index contributed by atoms with van der Waals surface area (Å²) < 4.78 is 13.1. The standard InChI is InChI=1S/C18H36O2Si/c1-6-19-21(20-7-2,16-11-10-15(3)13-16)17-9-8-12-18(4,5)14-17/h15-17H,6-14H2,1-5H3. The van der Waals surface area contributed by atoms with Crippen LogP contribution in [0.4, 0.5) is 0 Å².